The standard InChI is InChI=1S/C11H17N5O3/c1-2-12-10-9(16(18)19)11(15-6-14-10)13-5-8(17)7-3-4-7/h6-8,17H,2-5H2,1H3,(H2,12,13,14,15). The summed E-state index contributed by atoms with van der Waals surface area (Å²) in [4.78, 5) is 18.3. The number of nitrogens with zero attached hydrogens (tertiary/aromatic N) is 3. The van der Waals surface area contributed by atoms with Crippen LogP contribution in [0.25, 0.3) is 0 Å². The van der Waals surface area contributed by atoms with Gasteiger partial charge in [0.1, 0.15) is 6.33 Å². The van der Waals surface area contributed by atoms with Crippen molar-refractivity contribution in [3.8, 4) is 0 Å². The van der Waals surface area contributed by atoms with E-state index in [0.717, 1.165) is 12.8 Å². The number of hydrogen-bond donors (Lipinski definition) is 3. The number of hydrogen-bond acceptors (Lipinski definition) is 7. The normalized spacial score (nSPS) is 15.9. The quantitative estimate of drug-likeness (QED) is 0.499. The Labute approximate surface area is 110 Å². The van der Waals surface area contributed by atoms with Crippen LogP contribution in [0.15, 0.2) is 6.33 Å². The van der Waals surface area contributed by atoms with E-state index in [1.807, 2.05) is 6.92 Å². The lowest BCUT2D eigenvalue weighted by Crippen LogP contribution is -2.22. The van der Waals surface area contributed by atoms with Crippen LogP contribution < -0.4 is 10.6 Å². The molecule has 0 saturated heterocycles. The average Bonchev–Trinajstić information content (AvgIpc) is 3.20. The van der Waals surface area contributed by atoms with E-state index in [4.69, 9.17) is 0 Å². The van der Waals surface area contributed by atoms with Crippen LogP contribution in [0, 0.1) is 16.0 Å². The van der Waals surface area contributed by atoms with Crippen molar-refractivity contribution in [2.45, 2.75) is 25.9 Å². The number of nitro groups is 1. The Kier molecular flexibility index (Phi) is 4.10. The fourth-order valence-corrected chi connectivity index (χ4v) is 1.83. The third-order valence-electron chi connectivity index (χ3n) is 2.99. The summed E-state index contributed by atoms with van der Waals surface area (Å²) in [5.74, 6) is 0.628. The van der Waals surface area contributed by atoms with Crippen molar-refractivity contribution in [1.82, 2.24) is 9.97 Å². The summed E-state index contributed by atoms with van der Waals surface area (Å²) in [6, 6.07) is 0. The van der Waals surface area contributed by atoms with Crippen LogP contribution in [-0.2, 0) is 0 Å². The minimum Gasteiger partial charge on any atom is -0.391 e. The maximum atomic E-state index is 11.1. The number of anilines is 2. The largest absolute Gasteiger partial charge is 0.391 e. The molecule has 1 heterocycles. The van der Waals surface area contributed by atoms with Crippen LogP contribution >= 0.6 is 0 Å². The molecule has 104 valence electrons. The predicted molar refractivity (Wildman–Crippen MR) is 70.1 cm³/mol. The van der Waals surface area contributed by atoms with Gasteiger partial charge in [-0.2, -0.15) is 0 Å². The van der Waals surface area contributed by atoms with Crippen molar-refractivity contribution in [3.05, 3.63) is 16.4 Å². The first-order valence-corrected chi connectivity index (χ1v) is 6.28. The lowest BCUT2D eigenvalue weighted by molar-refractivity contribution is -0.383. The Hall–Kier alpha value is -1.96. The molecule has 1 unspecified atom stereocenters. The number of aliphatic hydroxyl groups excluding tert-OH is 1. The van der Waals surface area contributed by atoms with Gasteiger partial charge in [-0.15, -0.1) is 0 Å². The Bertz CT molecular complexity index is 464. The summed E-state index contributed by atoms with van der Waals surface area (Å²) in [6.07, 6.45) is 2.79. The molecule has 0 aromatic carbocycles. The van der Waals surface area contributed by atoms with Gasteiger partial charge in [0.25, 0.3) is 0 Å². The van der Waals surface area contributed by atoms with Crippen molar-refractivity contribution in [2.24, 2.45) is 5.92 Å². The summed E-state index contributed by atoms with van der Waals surface area (Å²) in [7, 11) is 0. The van der Waals surface area contributed by atoms with E-state index in [9.17, 15) is 15.2 Å². The van der Waals surface area contributed by atoms with E-state index in [2.05, 4.69) is 20.6 Å². The van der Waals surface area contributed by atoms with E-state index in [1.54, 1.807) is 0 Å². The van der Waals surface area contributed by atoms with E-state index in [0.29, 0.717) is 12.5 Å². The van der Waals surface area contributed by atoms with Gasteiger partial charge < -0.3 is 15.7 Å². The Morgan fingerprint density at radius 2 is 2.11 bits per heavy atom. The Morgan fingerprint density at radius 1 is 1.47 bits per heavy atom. The SMILES string of the molecule is CCNc1ncnc(NCC(O)C2CC2)c1[N+](=O)[O-]. The molecule has 0 bridgehead atoms. The van der Waals surface area contributed by atoms with Crippen molar-refractivity contribution in [3.63, 3.8) is 0 Å². The zero-order valence-electron chi connectivity index (χ0n) is 10.7. The Morgan fingerprint density at radius 3 is 2.63 bits per heavy atom. The topological polar surface area (TPSA) is 113 Å². The van der Waals surface area contributed by atoms with Crippen LogP contribution in [0.5, 0.6) is 0 Å². The third-order valence-corrected chi connectivity index (χ3v) is 2.99. The zero-order chi connectivity index (χ0) is 13.8. The van der Waals surface area contributed by atoms with Crippen LogP contribution in [0.1, 0.15) is 19.8 Å². The summed E-state index contributed by atoms with van der Waals surface area (Å²) < 4.78 is 0. The highest BCUT2D eigenvalue weighted by atomic mass is 16.6. The van der Waals surface area contributed by atoms with E-state index < -0.39 is 11.0 Å². The highest BCUT2D eigenvalue weighted by molar-refractivity contribution is 5.69. The van der Waals surface area contributed by atoms with Gasteiger partial charge in [-0.1, -0.05) is 0 Å². The molecule has 1 aliphatic rings. The van der Waals surface area contributed by atoms with Crippen molar-refractivity contribution in [1.29, 1.82) is 0 Å². The summed E-state index contributed by atoms with van der Waals surface area (Å²) in [6.45, 7) is 2.62. The molecule has 1 saturated carbocycles. The molecule has 19 heavy (non-hydrogen) atoms. The van der Waals surface area contributed by atoms with E-state index in [-0.39, 0.29) is 23.9 Å². The lowest BCUT2D eigenvalue weighted by atomic mass is 10.2. The van der Waals surface area contributed by atoms with Crippen LogP contribution in [0.3, 0.4) is 0 Å². The van der Waals surface area contributed by atoms with Gasteiger partial charge in [-0.3, -0.25) is 10.1 Å². The maximum absolute atomic E-state index is 11.1. The molecule has 1 atom stereocenters. The van der Waals surface area contributed by atoms with Gasteiger partial charge in [-0.05, 0) is 25.7 Å². The minimum atomic E-state index is -0.524. The first-order valence-electron chi connectivity index (χ1n) is 6.28. The second kappa shape index (κ2) is 5.79. The molecule has 3 N–H and O–H groups in total. The van der Waals surface area contributed by atoms with Crippen LogP contribution in [0.4, 0.5) is 17.3 Å². The highest BCUT2D eigenvalue weighted by Gasteiger charge is 2.30. The van der Waals surface area contributed by atoms with Gasteiger partial charge in [0.2, 0.25) is 11.6 Å². The molecule has 0 radical (unpaired) electrons. The molecule has 0 spiro atoms. The molecule has 1 aromatic heterocycles. The number of aromatic nitrogens is 2. The van der Waals surface area contributed by atoms with E-state index in [1.165, 1.54) is 6.33 Å². The second-order valence-corrected chi connectivity index (χ2v) is 4.49. The molecule has 1 fully saturated rings. The monoisotopic (exact) mass is 267 g/mol. The summed E-state index contributed by atoms with van der Waals surface area (Å²) in [5, 5.41) is 26.5. The Balaban J connectivity index is 2.13. The van der Waals surface area contributed by atoms with Gasteiger partial charge in [0, 0.05) is 13.1 Å². The van der Waals surface area contributed by atoms with Gasteiger partial charge in [-0.25, -0.2) is 9.97 Å². The minimum absolute atomic E-state index is 0.135. The second-order valence-electron chi connectivity index (χ2n) is 4.49. The highest BCUT2D eigenvalue weighted by Crippen LogP contribution is 2.33. The maximum Gasteiger partial charge on any atom is 0.353 e. The summed E-state index contributed by atoms with van der Waals surface area (Å²) >= 11 is 0. The third kappa shape index (κ3) is 3.28. The molecular formula is C11H17N5O3. The first-order chi connectivity index (χ1) is 9.13. The number of nitrogens with one attached hydrogen (secondary N) is 2. The molecule has 0 aliphatic heterocycles. The van der Waals surface area contributed by atoms with Crippen LogP contribution in [0.2, 0.25) is 0 Å². The fraction of sp³-hybridized carbons (Fsp3) is 0.636. The molecular weight excluding hydrogens is 250 g/mol. The number of rotatable bonds is 7. The van der Waals surface area contributed by atoms with Crippen LogP contribution in [-0.4, -0.2) is 39.2 Å². The van der Waals surface area contributed by atoms with Crippen molar-refractivity contribution >= 4 is 17.3 Å². The van der Waals surface area contributed by atoms with Crippen molar-refractivity contribution in [2.75, 3.05) is 23.7 Å². The smallest absolute Gasteiger partial charge is 0.353 e. The fourth-order valence-electron chi connectivity index (χ4n) is 1.83. The molecule has 8 heteroatoms. The zero-order valence-corrected chi connectivity index (χ0v) is 10.7. The van der Waals surface area contributed by atoms with Gasteiger partial charge in [0.05, 0.1) is 11.0 Å². The molecule has 2 rings (SSSR count). The number of aliphatic hydroxyl groups is 1. The predicted octanol–water partition coefficient (Wildman–Crippen LogP) is 0.999. The van der Waals surface area contributed by atoms with Gasteiger partial charge in [0.15, 0.2) is 0 Å². The van der Waals surface area contributed by atoms with Gasteiger partial charge >= 0.3 is 5.69 Å². The first kappa shape index (κ1) is 13.5. The molecule has 8 nitrogen and oxygen atoms in total. The molecule has 0 amide bonds. The summed E-state index contributed by atoms with van der Waals surface area (Å²) in [5.41, 5.74) is -0.188. The van der Waals surface area contributed by atoms with E-state index >= 15 is 0 Å². The lowest BCUT2D eigenvalue weighted by Gasteiger charge is -2.12. The molecule has 1 aliphatic carbocycles. The average molecular weight is 267 g/mol. The van der Waals surface area contributed by atoms with Crippen molar-refractivity contribution < 1.29 is 10.0 Å². The molecule has 1 aromatic rings.